The second-order valence-electron chi connectivity index (χ2n) is 5.34. The Kier molecular flexibility index (Phi) is 4.00. The van der Waals surface area contributed by atoms with Crippen LogP contribution in [0.5, 0.6) is 0 Å². The molecule has 0 radical (unpaired) electrons. The lowest BCUT2D eigenvalue weighted by Crippen LogP contribution is -2.37. The van der Waals surface area contributed by atoms with Crippen LogP contribution in [0, 0.1) is 12.3 Å². The number of hydrogen-bond donors (Lipinski definition) is 2. The molecule has 0 saturated carbocycles. The first-order valence-corrected chi connectivity index (χ1v) is 5.81. The van der Waals surface area contributed by atoms with Crippen LogP contribution in [0.1, 0.15) is 37.9 Å². The van der Waals surface area contributed by atoms with Crippen molar-refractivity contribution >= 4 is 11.6 Å². The molecule has 0 aliphatic carbocycles. The van der Waals surface area contributed by atoms with E-state index in [1.807, 2.05) is 39.8 Å². The second kappa shape index (κ2) is 4.74. The van der Waals surface area contributed by atoms with Crippen molar-refractivity contribution in [3.05, 3.63) is 34.3 Å². The maximum absolute atomic E-state index is 10.1. The normalized spacial score (nSPS) is 15.9. The van der Waals surface area contributed by atoms with Gasteiger partial charge >= 0.3 is 0 Å². The zero-order valence-electron chi connectivity index (χ0n) is 10.3. The number of rotatable bonds is 2. The van der Waals surface area contributed by atoms with Gasteiger partial charge in [0, 0.05) is 5.02 Å². The zero-order chi connectivity index (χ0) is 12.5. The lowest BCUT2D eigenvalue weighted by atomic mass is 9.82. The Balaban J connectivity index is 3.01. The minimum absolute atomic E-state index is 0.231. The SMILES string of the molecule is Cc1cc(Cl)ccc1[C@H](N)[C@H](O)C(C)(C)C. The quantitative estimate of drug-likeness (QED) is 0.836. The maximum Gasteiger partial charge on any atom is 0.0781 e. The van der Waals surface area contributed by atoms with Crippen molar-refractivity contribution in [2.45, 2.75) is 39.8 Å². The summed E-state index contributed by atoms with van der Waals surface area (Å²) in [5, 5.41) is 10.8. The Bertz CT molecular complexity index is 371. The van der Waals surface area contributed by atoms with Crippen LogP contribution in [-0.2, 0) is 0 Å². The fourth-order valence-electron chi connectivity index (χ4n) is 1.72. The van der Waals surface area contributed by atoms with Gasteiger partial charge in [-0.1, -0.05) is 38.4 Å². The molecule has 0 amide bonds. The lowest BCUT2D eigenvalue weighted by molar-refractivity contribution is 0.0399. The fourth-order valence-corrected chi connectivity index (χ4v) is 1.95. The molecule has 2 nitrogen and oxygen atoms in total. The van der Waals surface area contributed by atoms with Crippen molar-refractivity contribution in [2.24, 2.45) is 11.1 Å². The fraction of sp³-hybridized carbons (Fsp3) is 0.538. The molecule has 1 rings (SSSR count). The number of hydrogen-bond acceptors (Lipinski definition) is 2. The van der Waals surface area contributed by atoms with E-state index in [-0.39, 0.29) is 11.5 Å². The molecular formula is C13H20ClNO. The Hall–Kier alpha value is -0.570. The van der Waals surface area contributed by atoms with E-state index >= 15 is 0 Å². The Labute approximate surface area is 102 Å². The zero-order valence-corrected chi connectivity index (χ0v) is 11.0. The molecule has 0 spiro atoms. The van der Waals surface area contributed by atoms with E-state index in [0.29, 0.717) is 5.02 Å². The monoisotopic (exact) mass is 241 g/mol. The number of aryl methyl sites for hydroxylation is 1. The van der Waals surface area contributed by atoms with E-state index in [2.05, 4.69) is 0 Å². The number of aliphatic hydroxyl groups is 1. The number of benzene rings is 1. The molecule has 0 aromatic heterocycles. The van der Waals surface area contributed by atoms with Crippen molar-refractivity contribution in [1.29, 1.82) is 0 Å². The summed E-state index contributed by atoms with van der Waals surface area (Å²) >= 11 is 5.89. The van der Waals surface area contributed by atoms with Crippen LogP contribution in [-0.4, -0.2) is 11.2 Å². The summed E-state index contributed by atoms with van der Waals surface area (Å²) in [5.41, 5.74) is 7.82. The van der Waals surface area contributed by atoms with E-state index < -0.39 is 6.10 Å². The van der Waals surface area contributed by atoms with Crippen molar-refractivity contribution in [2.75, 3.05) is 0 Å². The highest BCUT2D eigenvalue weighted by Gasteiger charge is 2.29. The molecule has 2 atom stereocenters. The summed E-state index contributed by atoms with van der Waals surface area (Å²) in [6.45, 7) is 7.88. The third kappa shape index (κ3) is 2.97. The van der Waals surface area contributed by atoms with Gasteiger partial charge in [0.1, 0.15) is 0 Å². The van der Waals surface area contributed by atoms with Gasteiger partial charge in [0.15, 0.2) is 0 Å². The summed E-state index contributed by atoms with van der Waals surface area (Å²) in [5.74, 6) is 0. The van der Waals surface area contributed by atoms with Gasteiger partial charge in [-0.15, -0.1) is 0 Å². The first-order valence-electron chi connectivity index (χ1n) is 5.43. The van der Waals surface area contributed by atoms with Crippen LogP contribution in [0.15, 0.2) is 18.2 Å². The van der Waals surface area contributed by atoms with Crippen LogP contribution in [0.25, 0.3) is 0 Å². The summed E-state index contributed by atoms with van der Waals surface area (Å²) in [4.78, 5) is 0. The molecule has 1 aromatic carbocycles. The predicted molar refractivity (Wildman–Crippen MR) is 68.6 cm³/mol. The molecule has 0 aliphatic rings. The molecule has 0 unspecified atom stereocenters. The van der Waals surface area contributed by atoms with Gasteiger partial charge in [0.25, 0.3) is 0 Å². The van der Waals surface area contributed by atoms with Gasteiger partial charge in [-0.2, -0.15) is 0 Å². The van der Waals surface area contributed by atoms with E-state index in [1.165, 1.54) is 0 Å². The van der Waals surface area contributed by atoms with Crippen molar-refractivity contribution in [3.8, 4) is 0 Å². The largest absolute Gasteiger partial charge is 0.391 e. The summed E-state index contributed by atoms with van der Waals surface area (Å²) in [7, 11) is 0. The average Bonchev–Trinajstić information content (AvgIpc) is 2.14. The topological polar surface area (TPSA) is 46.2 Å². The molecule has 16 heavy (non-hydrogen) atoms. The summed E-state index contributed by atoms with van der Waals surface area (Å²) in [6.07, 6.45) is -0.577. The van der Waals surface area contributed by atoms with Crippen LogP contribution in [0.3, 0.4) is 0 Å². The van der Waals surface area contributed by atoms with Crippen molar-refractivity contribution in [3.63, 3.8) is 0 Å². The molecule has 3 N–H and O–H groups in total. The first kappa shape index (κ1) is 13.5. The Morgan fingerprint density at radius 3 is 2.31 bits per heavy atom. The van der Waals surface area contributed by atoms with E-state index in [1.54, 1.807) is 6.07 Å². The highest BCUT2D eigenvalue weighted by Crippen LogP contribution is 2.30. The molecule has 3 heteroatoms. The maximum atomic E-state index is 10.1. The minimum Gasteiger partial charge on any atom is -0.391 e. The van der Waals surface area contributed by atoms with Gasteiger partial charge in [-0.3, -0.25) is 0 Å². The van der Waals surface area contributed by atoms with E-state index in [4.69, 9.17) is 17.3 Å². The molecule has 0 fully saturated rings. The highest BCUT2D eigenvalue weighted by molar-refractivity contribution is 6.30. The average molecular weight is 242 g/mol. The molecule has 0 aliphatic heterocycles. The standard InChI is InChI=1S/C13H20ClNO/c1-8-7-9(14)5-6-10(8)11(15)12(16)13(2,3)4/h5-7,11-12,16H,15H2,1-4H3/t11-,12-/m0/s1. The molecule has 0 heterocycles. The highest BCUT2D eigenvalue weighted by atomic mass is 35.5. The molecule has 0 saturated heterocycles. The van der Waals surface area contributed by atoms with Gasteiger partial charge in [-0.05, 0) is 35.6 Å². The van der Waals surface area contributed by atoms with Crippen molar-refractivity contribution in [1.82, 2.24) is 0 Å². The Morgan fingerprint density at radius 2 is 1.88 bits per heavy atom. The lowest BCUT2D eigenvalue weighted by Gasteiger charge is -2.31. The minimum atomic E-state index is -0.577. The van der Waals surface area contributed by atoms with Crippen molar-refractivity contribution < 1.29 is 5.11 Å². The number of nitrogens with two attached hydrogens (primary N) is 1. The number of halogens is 1. The van der Waals surface area contributed by atoms with Crippen LogP contribution in [0.2, 0.25) is 5.02 Å². The third-order valence-electron chi connectivity index (χ3n) is 2.82. The second-order valence-corrected chi connectivity index (χ2v) is 5.77. The predicted octanol–water partition coefficient (Wildman–Crippen LogP) is 3.06. The van der Waals surface area contributed by atoms with Crippen LogP contribution < -0.4 is 5.73 Å². The van der Waals surface area contributed by atoms with Gasteiger partial charge in [-0.25, -0.2) is 0 Å². The van der Waals surface area contributed by atoms with Gasteiger partial charge in [0.2, 0.25) is 0 Å². The molecule has 1 aromatic rings. The Morgan fingerprint density at radius 1 is 1.31 bits per heavy atom. The molecular weight excluding hydrogens is 222 g/mol. The van der Waals surface area contributed by atoms with Gasteiger partial charge < -0.3 is 10.8 Å². The van der Waals surface area contributed by atoms with Crippen LogP contribution in [0.4, 0.5) is 0 Å². The number of aliphatic hydroxyl groups excluding tert-OH is 1. The van der Waals surface area contributed by atoms with Gasteiger partial charge in [0.05, 0.1) is 12.1 Å². The van der Waals surface area contributed by atoms with E-state index in [0.717, 1.165) is 11.1 Å². The summed E-state index contributed by atoms with van der Waals surface area (Å²) in [6, 6.07) is 5.18. The smallest absolute Gasteiger partial charge is 0.0781 e. The molecule has 90 valence electrons. The van der Waals surface area contributed by atoms with E-state index in [9.17, 15) is 5.11 Å². The first-order chi connectivity index (χ1) is 7.23. The third-order valence-corrected chi connectivity index (χ3v) is 3.05. The van der Waals surface area contributed by atoms with Crippen LogP contribution >= 0.6 is 11.6 Å². The molecule has 0 bridgehead atoms. The summed E-state index contributed by atoms with van der Waals surface area (Å²) < 4.78 is 0.